The highest BCUT2D eigenvalue weighted by molar-refractivity contribution is 5.19. The molecule has 2 nitrogen and oxygen atoms in total. The highest BCUT2D eigenvalue weighted by atomic mass is 19.4. The maximum atomic E-state index is 11.0. The molecule has 0 fully saturated rings. The molecule has 0 aromatic heterocycles. The van der Waals surface area contributed by atoms with E-state index in [1.165, 1.54) is 0 Å². The van der Waals surface area contributed by atoms with E-state index in [1.54, 1.807) is 48.5 Å². The summed E-state index contributed by atoms with van der Waals surface area (Å²) in [4.78, 5) is 0. The minimum atomic E-state index is -5.56. The van der Waals surface area contributed by atoms with Crippen LogP contribution in [0, 0.1) is 0 Å². The molecule has 0 spiro atoms. The standard InChI is InChI=1S/2C6H6O.C3F6/c2*7-6-4-2-1-3-5-6;4-1(2(5)6)3(7,8)9/h2*1-5,7H;. The second-order valence-electron chi connectivity index (χ2n) is 3.74. The summed E-state index contributed by atoms with van der Waals surface area (Å²) in [5.41, 5.74) is 0. The maximum absolute atomic E-state index is 11.0. The summed E-state index contributed by atoms with van der Waals surface area (Å²) < 4.78 is 64.8. The van der Waals surface area contributed by atoms with Gasteiger partial charge in [0.05, 0.1) is 0 Å². The molecule has 0 saturated carbocycles. The summed E-state index contributed by atoms with van der Waals surface area (Å²) >= 11 is 0. The van der Waals surface area contributed by atoms with Gasteiger partial charge in [0.25, 0.3) is 5.83 Å². The van der Waals surface area contributed by atoms with Gasteiger partial charge in [0.15, 0.2) is 0 Å². The molecule has 8 heteroatoms. The van der Waals surface area contributed by atoms with Crippen LogP contribution < -0.4 is 0 Å². The van der Waals surface area contributed by atoms with E-state index >= 15 is 0 Å². The smallest absolute Gasteiger partial charge is 0.448 e. The normalized spacial score (nSPS) is 9.65. The van der Waals surface area contributed by atoms with E-state index in [1.807, 2.05) is 12.1 Å². The molecule has 0 amide bonds. The van der Waals surface area contributed by atoms with Crippen LogP contribution >= 0.6 is 0 Å². The fraction of sp³-hybridized carbons (Fsp3) is 0.0667. The van der Waals surface area contributed by atoms with E-state index in [-0.39, 0.29) is 0 Å². The van der Waals surface area contributed by atoms with Crippen molar-refractivity contribution in [3.05, 3.63) is 72.6 Å². The van der Waals surface area contributed by atoms with Crippen molar-refractivity contribution in [3.8, 4) is 11.5 Å². The summed E-state index contributed by atoms with van der Waals surface area (Å²) in [6.45, 7) is 0. The summed E-state index contributed by atoms with van der Waals surface area (Å²) in [6.07, 6.45) is -8.90. The molecule has 2 N–H and O–H groups in total. The third-order valence-electron chi connectivity index (χ3n) is 1.93. The second-order valence-corrected chi connectivity index (χ2v) is 3.74. The molecule has 0 aliphatic carbocycles. The Balaban J connectivity index is 0.000000318. The lowest BCUT2D eigenvalue weighted by Gasteiger charge is -1.98. The molecule has 0 saturated heterocycles. The van der Waals surface area contributed by atoms with Gasteiger partial charge in [-0.25, -0.2) is 0 Å². The van der Waals surface area contributed by atoms with Crippen LogP contribution in [0.1, 0.15) is 0 Å². The van der Waals surface area contributed by atoms with Crippen molar-refractivity contribution < 1.29 is 36.6 Å². The third-order valence-corrected chi connectivity index (χ3v) is 1.93. The molecule has 2 aromatic rings. The zero-order chi connectivity index (χ0) is 17.9. The molecular formula is C15H12F6O2. The first kappa shape index (κ1) is 20.4. The van der Waals surface area contributed by atoms with Gasteiger partial charge in [-0.1, -0.05) is 36.4 Å². The zero-order valence-corrected chi connectivity index (χ0v) is 11.4. The number of aromatic hydroxyl groups is 2. The Hall–Kier alpha value is -2.64. The van der Waals surface area contributed by atoms with Crippen LogP contribution in [-0.4, -0.2) is 16.4 Å². The lowest BCUT2D eigenvalue weighted by molar-refractivity contribution is -0.113. The molecule has 0 unspecified atom stereocenters. The molecule has 2 rings (SSSR count). The van der Waals surface area contributed by atoms with E-state index in [4.69, 9.17) is 10.2 Å². The quantitative estimate of drug-likeness (QED) is 0.631. The van der Waals surface area contributed by atoms with E-state index in [0.29, 0.717) is 11.5 Å². The van der Waals surface area contributed by atoms with E-state index in [0.717, 1.165) is 0 Å². The van der Waals surface area contributed by atoms with Crippen molar-refractivity contribution in [2.24, 2.45) is 0 Å². The van der Waals surface area contributed by atoms with Gasteiger partial charge in [-0.15, -0.1) is 0 Å². The average Bonchev–Trinajstić information content (AvgIpc) is 2.48. The van der Waals surface area contributed by atoms with E-state index in [9.17, 15) is 26.3 Å². The summed E-state index contributed by atoms with van der Waals surface area (Å²) in [5.74, 6) is -2.69. The Morgan fingerprint density at radius 1 is 0.652 bits per heavy atom. The topological polar surface area (TPSA) is 40.5 Å². The molecule has 0 bridgehead atoms. The number of benzene rings is 2. The predicted octanol–water partition coefficient (Wildman–Crippen LogP) is 5.41. The van der Waals surface area contributed by atoms with Crippen LogP contribution in [0.2, 0.25) is 0 Å². The van der Waals surface area contributed by atoms with Gasteiger partial charge in [0.1, 0.15) is 11.5 Å². The Kier molecular flexibility index (Phi) is 8.98. The van der Waals surface area contributed by atoms with Crippen LogP contribution in [0.25, 0.3) is 0 Å². The fourth-order valence-corrected chi connectivity index (χ4v) is 0.963. The van der Waals surface area contributed by atoms with Gasteiger partial charge in [-0.05, 0) is 24.3 Å². The van der Waals surface area contributed by atoms with Gasteiger partial charge in [0.2, 0.25) is 0 Å². The van der Waals surface area contributed by atoms with Crippen LogP contribution in [0.15, 0.2) is 72.6 Å². The van der Waals surface area contributed by atoms with Crippen LogP contribution in [0.5, 0.6) is 11.5 Å². The van der Waals surface area contributed by atoms with Gasteiger partial charge < -0.3 is 10.2 Å². The van der Waals surface area contributed by atoms with Crippen LogP contribution in [0.4, 0.5) is 26.3 Å². The minimum Gasteiger partial charge on any atom is -0.508 e. The zero-order valence-electron chi connectivity index (χ0n) is 11.4. The largest absolute Gasteiger partial charge is 0.508 e. The van der Waals surface area contributed by atoms with Crippen molar-refractivity contribution >= 4 is 0 Å². The third kappa shape index (κ3) is 10.7. The van der Waals surface area contributed by atoms with Crippen molar-refractivity contribution in [3.63, 3.8) is 0 Å². The molecule has 0 heterocycles. The number of phenols is 2. The number of halogens is 6. The molecule has 0 aliphatic heterocycles. The Bertz CT molecular complexity index is 540. The molecule has 0 aliphatic rings. The summed E-state index contributed by atoms with van der Waals surface area (Å²) in [7, 11) is 0. The first-order valence-electron chi connectivity index (χ1n) is 5.90. The predicted molar refractivity (Wildman–Crippen MR) is 72.6 cm³/mol. The SMILES string of the molecule is FC(F)=C(F)C(F)(F)F.Oc1ccccc1.Oc1ccccc1. The number of allylic oxidation sites excluding steroid dienone is 1. The average molecular weight is 338 g/mol. The van der Waals surface area contributed by atoms with Crippen molar-refractivity contribution in [1.29, 1.82) is 0 Å². The number of hydrogen-bond acceptors (Lipinski definition) is 2. The highest BCUT2D eigenvalue weighted by Gasteiger charge is 2.38. The Morgan fingerprint density at radius 2 is 0.957 bits per heavy atom. The van der Waals surface area contributed by atoms with E-state index in [2.05, 4.69) is 0 Å². The lowest BCUT2D eigenvalue weighted by atomic mass is 10.3. The number of para-hydroxylation sites is 2. The molecular weight excluding hydrogens is 326 g/mol. The summed E-state index contributed by atoms with van der Waals surface area (Å²) in [6, 6.07) is 17.4. The number of phenolic OH excluding ortho intramolecular Hbond substituents is 2. The first-order chi connectivity index (χ1) is 10.6. The van der Waals surface area contributed by atoms with Crippen LogP contribution in [0.3, 0.4) is 0 Å². The first-order valence-corrected chi connectivity index (χ1v) is 5.90. The molecule has 0 radical (unpaired) electrons. The molecule has 0 atom stereocenters. The molecule has 2 aromatic carbocycles. The molecule has 23 heavy (non-hydrogen) atoms. The monoisotopic (exact) mass is 338 g/mol. The van der Waals surface area contributed by atoms with Crippen molar-refractivity contribution in [1.82, 2.24) is 0 Å². The van der Waals surface area contributed by atoms with Gasteiger partial charge in [0, 0.05) is 0 Å². The maximum Gasteiger partial charge on any atom is 0.448 e. The fourth-order valence-electron chi connectivity index (χ4n) is 0.963. The van der Waals surface area contributed by atoms with Gasteiger partial charge >= 0.3 is 12.3 Å². The number of alkyl halides is 3. The van der Waals surface area contributed by atoms with Crippen molar-refractivity contribution in [2.75, 3.05) is 0 Å². The molecule has 126 valence electrons. The second kappa shape index (κ2) is 10.1. The highest BCUT2D eigenvalue weighted by Crippen LogP contribution is 2.29. The van der Waals surface area contributed by atoms with Crippen LogP contribution in [-0.2, 0) is 0 Å². The Labute approximate surface area is 127 Å². The Morgan fingerprint density at radius 3 is 1.04 bits per heavy atom. The van der Waals surface area contributed by atoms with E-state index < -0.39 is 18.1 Å². The van der Waals surface area contributed by atoms with Gasteiger partial charge in [-0.3, -0.25) is 0 Å². The minimum absolute atomic E-state index is 0.322. The number of rotatable bonds is 0. The lowest BCUT2D eigenvalue weighted by Crippen LogP contribution is -2.08. The number of hydrogen-bond donors (Lipinski definition) is 2. The van der Waals surface area contributed by atoms with Crippen molar-refractivity contribution in [2.45, 2.75) is 6.18 Å². The van der Waals surface area contributed by atoms with Gasteiger partial charge in [-0.2, -0.15) is 26.3 Å². The summed E-state index contributed by atoms with van der Waals surface area (Å²) in [5, 5.41) is 17.3.